The highest BCUT2D eigenvalue weighted by Crippen LogP contribution is 2.35. The van der Waals surface area contributed by atoms with Gasteiger partial charge >= 0.3 is 6.03 Å². The van der Waals surface area contributed by atoms with Gasteiger partial charge in [0.15, 0.2) is 0 Å². The second-order valence-electron chi connectivity index (χ2n) is 6.93. The third-order valence-electron chi connectivity index (χ3n) is 5.10. The predicted molar refractivity (Wildman–Crippen MR) is 86.7 cm³/mol. The summed E-state index contributed by atoms with van der Waals surface area (Å²) in [6.07, 6.45) is 4.71. The summed E-state index contributed by atoms with van der Waals surface area (Å²) < 4.78 is 13.1. The fourth-order valence-corrected chi connectivity index (χ4v) is 3.50. The Hall–Kier alpha value is -1.62. The number of nitrogens with zero attached hydrogens (tertiary/aromatic N) is 1. The Labute approximate surface area is 136 Å². The van der Waals surface area contributed by atoms with E-state index in [4.69, 9.17) is 0 Å². The number of aliphatic hydroxyl groups excluding tert-OH is 1. The zero-order valence-electron chi connectivity index (χ0n) is 13.5. The first-order valence-corrected chi connectivity index (χ1v) is 8.49. The van der Waals surface area contributed by atoms with Crippen LogP contribution in [0.3, 0.4) is 0 Å². The van der Waals surface area contributed by atoms with Crippen molar-refractivity contribution < 1.29 is 14.3 Å². The van der Waals surface area contributed by atoms with Crippen molar-refractivity contribution in [3.63, 3.8) is 0 Å². The van der Waals surface area contributed by atoms with E-state index in [0.717, 1.165) is 37.7 Å². The summed E-state index contributed by atoms with van der Waals surface area (Å²) in [7, 11) is 1.72. The minimum Gasteiger partial charge on any atom is -0.391 e. The molecular weight excluding hydrogens is 295 g/mol. The molecule has 0 aliphatic heterocycles. The molecule has 126 valence electrons. The topological polar surface area (TPSA) is 52.6 Å². The van der Waals surface area contributed by atoms with Crippen LogP contribution in [0, 0.1) is 11.7 Å². The SMILES string of the molecule is CN(CC(O)C1CC1)C(=O)NC1CCCC1c1ccc(F)cc1. The lowest BCUT2D eigenvalue weighted by atomic mass is 9.94. The van der Waals surface area contributed by atoms with E-state index in [1.807, 2.05) is 12.1 Å². The van der Waals surface area contributed by atoms with Gasteiger partial charge in [-0.25, -0.2) is 9.18 Å². The number of hydrogen-bond acceptors (Lipinski definition) is 2. The lowest BCUT2D eigenvalue weighted by Gasteiger charge is -2.26. The Balaban J connectivity index is 1.57. The smallest absolute Gasteiger partial charge is 0.317 e. The Morgan fingerprint density at radius 3 is 2.65 bits per heavy atom. The van der Waals surface area contributed by atoms with Crippen LogP contribution in [-0.2, 0) is 0 Å². The fraction of sp³-hybridized carbons (Fsp3) is 0.611. The number of halogens is 1. The number of nitrogens with one attached hydrogen (secondary N) is 1. The molecule has 2 N–H and O–H groups in total. The average molecular weight is 320 g/mol. The van der Waals surface area contributed by atoms with Crippen LogP contribution in [0.4, 0.5) is 9.18 Å². The van der Waals surface area contributed by atoms with Crippen molar-refractivity contribution in [1.29, 1.82) is 0 Å². The van der Waals surface area contributed by atoms with Crippen molar-refractivity contribution in [2.45, 2.75) is 50.2 Å². The molecule has 0 aromatic heterocycles. The molecule has 1 aromatic carbocycles. The molecule has 0 saturated heterocycles. The van der Waals surface area contributed by atoms with Crippen LogP contribution in [-0.4, -0.2) is 41.8 Å². The molecule has 2 amide bonds. The summed E-state index contributed by atoms with van der Waals surface area (Å²) in [5.41, 5.74) is 1.08. The minimum atomic E-state index is -0.415. The molecule has 5 heteroatoms. The van der Waals surface area contributed by atoms with Crippen LogP contribution in [0.1, 0.15) is 43.6 Å². The zero-order chi connectivity index (χ0) is 16.4. The molecule has 23 heavy (non-hydrogen) atoms. The third-order valence-corrected chi connectivity index (χ3v) is 5.10. The number of urea groups is 1. The summed E-state index contributed by atoms with van der Waals surface area (Å²) in [5, 5.41) is 13.1. The van der Waals surface area contributed by atoms with Crippen LogP contribution in [0.15, 0.2) is 24.3 Å². The predicted octanol–water partition coefficient (Wildman–Crippen LogP) is 2.87. The number of likely N-dealkylation sites (N-methyl/N-ethyl adjacent to an activating group) is 1. The van der Waals surface area contributed by atoms with Crippen LogP contribution in [0.25, 0.3) is 0 Å². The number of carbonyl (C=O) groups excluding carboxylic acids is 1. The molecular formula is C18H25FN2O2. The van der Waals surface area contributed by atoms with E-state index < -0.39 is 6.10 Å². The van der Waals surface area contributed by atoms with E-state index in [1.165, 1.54) is 12.1 Å². The van der Waals surface area contributed by atoms with E-state index in [0.29, 0.717) is 12.5 Å². The van der Waals surface area contributed by atoms with E-state index in [2.05, 4.69) is 5.32 Å². The molecule has 0 heterocycles. The molecule has 0 radical (unpaired) electrons. The van der Waals surface area contributed by atoms with Crippen molar-refractivity contribution in [2.75, 3.05) is 13.6 Å². The van der Waals surface area contributed by atoms with Gasteiger partial charge in [-0.15, -0.1) is 0 Å². The van der Waals surface area contributed by atoms with Gasteiger partial charge in [0.05, 0.1) is 6.10 Å². The summed E-state index contributed by atoms with van der Waals surface area (Å²) in [6, 6.07) is 6.52. The molecule has 0 bridgehead atoms. The van der Waals surface area contributed by atoms with Crippen LogP contribution >= 0.6 is 0 Å². The van der Waals surface area contributed by atoms with E-state index in [-0.39, 0.29) is 23.8 Å². The summed E-state index contributed by atoms with van der Waals surface area (Å²) >= 11 is 0. The standard InChI is InChI=1S/C18H25FN2O2/c1-21(11-17(22)13-5-6-13)18(23)20-16-4-2-3-15(16)12-7-9-14(19)10-8-12/h7-10,13,15-17,22H,2-6,11H2,1H3,(H,20,23). The number of amides is 2. The first-order chi connectivity index (χ1) is 11.0. The molecule has 4 nitrogen and oxygen atoms in total. The number of hydrogen-bond donors (Lipinski definition) is 2. The maximum atomic E-state index is 13.1. The largest absolute Gasteiger partial charge is 0.391 e. The van der Waals surface area contributed by atoms with Crippen molar-refractivity contribution in [3.8, 4) is 0 Å². The Morgan fingerprint density at radius 1 is 1.30 bits per heavy atom. The number of benzene rings is 1. The van der Waals surface area contributed by atoms with Crippen LogP contribution < -0.4 is 5.32 Å². The first-order valence-electron chi connectivity index (χ1n) is 8.49. The monoisotopic (exact) mass is 320 g/mol. The first kappa shape index (κ1) is 16.2. The normalized spacial score (nSPS) is 25.2. The van der Waals surface area contributed by atoms with Gasteiger partial charge in [0.1, 0.15) is 5.82 Å². The summed E-state index contributed by atoms with van der Waals surface area (Å²) in [4.78, 5) is 13.9. The number of rotatable bonds is 5. The van der Waals surface area contributed by atoms with E-state index in [1.54, 1.807) is 11.9 Å². The maximum Gasteiger partial charge on any atom is 0.317 e. The van der Waals surface area contributed by atoms with Crippen molar-refractivity contribution in [1.82, 2.24) is 10.2 Å². The van der Waals surface area contributed by atoms with Gasteiger partial charge in [-0.3, -0.25) is 0 Å². The highest BCUT2D eigenvalue weighted by Gasteiger charge is 2.33. The third kappa shape index (κ3) is 4.02. The van der Waals surface area contributed by atoms with Gasteiger partial charge in [-0.1, -0.05) is 18.6 Å². The lowest BCUT2D eigenvalue weighted by molar-refractivity contribution is 0.112. The van der Waals surface area contributed by atoms with Gasteiger partial charge in [0.25, 0.3) is 0 Å². The molecule has 2 aliphatic carbocycles. The minimum absolute atomic E-state index is 0.0773. The van der Waals surface area contributed by atoms with Gasteiger partial charge in [-0.2, -0.15) is 0 Å². The van der Waals surface area contributed by atoms with Crippen LogP contribution in [0.5, 0.6) is 0 Å². The summed E-state index contributed by atoms with van der Waals surface area (Å²) in [6.45, 7) is 0.379. The van der Waals surface area contributed by atoms with E-state index >= 15 is 0 Å². The molecule has 3 unspecified atom stereocenters. The Morgan fingerprint density at radius 2 is 2.00 bits per heavy atom. The van der Waals surface area contributed by atoms with Gasteiger partial charge < -0.3 is 15.3 Å². The van der Waals surface area contributed by atoms with Crippen LogP contribution in [0.2, 0.25) is 0 Å². The number of aliphatic hydroxyl groups is 1. The van der Waals surface area contributed by atoms with Gasteiger partial charge in [0.2, 0.25) is 0 Å². The molecule has 2 aliphatic rings. The molecule has 2 fully saturated rings. The lowest BCUT2D eigenvalue weighted by Crippen LogP contribution is -2.46. The van der Waals surface area contributed by atoms with E-state index in [9.17, 15) is 14.3 Å². The molecule has 0 spiro atoms. The fourth-order valence-electron chi connectivity index (χ4n) is 3.50. The quantitative estimate of drug-likeness (QED) is 0.876. The zero-order valence-corrected chi connectivity index (χ0v) is 13.5. The second-order valence-corrected chi connectivity index (χ2v) is 6.93. The van der Waals surface area contributed by atoms with Gasteiger partial charge in [0, 0.05) is 25.6 Å². The highest BCUT2D eigenvalue weighted by molar-refractivity contribution is 5.74. The molecule has 3 rings (SSSR count). The highest BCUT2D eigenvalue weighted by atomic mass is 19.1. The van der Waals surface area contributed by atoms with Crippen molar-refractivity contribution in [2.24, 2.45) is 5.92 Å². The Bertz CT molecular complexity index is 544. The molecule has 1 aromatic rings. The summed E-state index contributed by atoms with van der Waals surface area (Å²) in [5.74, 6) is 0.367. The molecule has 2 saturated carbocycles. The second kappa shape index (κ2) is 6.87. The van der Waals surface area contributed by atoms with Crippen molar-refractivity contribution >= 4 is 6.03 Å². The molecule has 3 atom stereocenters. The van der Waals surface area contributed by atoms with Gasteiger partial charge in [-0.05, 0) is 49.3 Å². The van der Waals surface area contributed by atoms with Crippen molar-refractivity contribution in [3.05, 3.63) is 35.6 Å². The Kier molecular flexibility index (Phi) is 4.85. The average Bonchev–Trinajstić information content (AvgIpc) is 3.29. The number of carbonyl (C=O) groups is 1. The maximum absolute atomic E-state index is 13.1.